The summed E-state index contributed by atoms with van der Waals surface area (Å²) in [4.78, 5) is 6.67. The van der Waals surface area contributed by atoms with Gasteiger partial charge in [0.2, 0.25) is 0 Å². The summed E-state index contributed by atoms with van der Waals surface area (Å²) in [6, 6.07) is 10.1. The van der Waals surface area contributed by atoms with Crippen LogP contribution in [0.1, 0.15) is 31.4 Å². The lowest BCUT2D eigenvalue weighted by molar-refractivity contribution is 0.227. The number of nitrogen functional groups attached to an aromatic ring is 1. The van der Waals surface area contributed by atoms with Crippen LogP contribution >= 0.6 is 23.2 Å². The van der Waals surface area contributed by atoms with Crippen molar-refractivity contribution in [3.8, 4) is 28.4 Å². The van der Waals surface area contributed by atoms with E-state index in [1.165, 1.54) is 25.0 Å². The first-order valence-electron chi connectivity index (χ1n) is 11.5. The van der Waals surface area contributed by atoms with Crippen LogP contribution in [-0.2, 0) is 0 Å². The van der Waals surface area contributed by atoms with E-state index in [1.807, 2.05) is 18.2 Å². The second-order valence-corrected chi connectivity index (χ2v) is 9.17. The normalized spacial score (nSPS) is 14.7. The van der Waals surface area contributed by atoms with Crippen molar-refractivity contribution in [2.45, 2.75) is 25.9 Å². The lowest BCUT2D eigenvalue weighted by Gasteiger charge is -2.19. The number of pyridine rings is 1. The molecule has 1 aliphatic rings. The van der Waals surface area contributed by atoms with Gasteiger partial charge in [0.1, 0.15) is 18.5 Å². The fraction of sp³-hybridized carbons (Fsp3) is 0.346. The summed E-state index contributed by atoms with van der Waals surface area (Å²) in [7, 11) is 1.61. The fourth-order valence-electron chi connectivity index (χ4n) is 4.13. The van der Waals surface area contributed by atoms with Crippen LogP contribution in [0.15, 0.2) is 42.6 Å². The fourth-order valence-corrected chi connectivity index (χ4v) is 4.81. The van der Waals surface area contributed by atoms with Crippen LogP contribution in [-0.4, -0.2) is 43.2 Å². The molecule has 6 nitrogen and oxygen atoms in total. The maximum absolute atomic E-state index is 14.0. The second-order valence-electron chi connectivity index (χ2n) is 8.39. The van der Waals surface area contributed by atoms with Crippen LogP contribution in [0, 0.1) is 5.82 Å². The van der Waals surface area contributed by atoms with Crippen molar-refractivity contribution < 1.29 is 18.6 Å². The lowest BCUT2D eigenvalue weighted by Crippen LogP contribution is -2.25. The van der Waals surface area contributed by atoms with E-state index in [2.05, 4.69) is 9.88 Å². The first-order valence-corrected chi connectivity index (χ1v) is 12.2. The Hall–Kier alpha value is -2.74. The third-order valence-corrected chi connectivity index (χ3v) is 6.75. The minimum absolute atomic E-state index is 0.0854. The molecule has 3 aromatic rings. The molecule has 0 amide bonds. The molecular weight excluding hydrogens is 492 g/mol. The van der Waals surface area contributed by atoms with E-state index in [9.17, 15) is 4.39 Å². The van der Waals surface area contributed by atoms with Crippen molar-refractivity contribution in [1.29, 1.82) is 0 Å². The third-order valence-electron chi connectivity index (χ3n) is 6.03. The molecule has 1 aromatic heterocycles. The van der Waals surface area contributed by atoms with Crippen molar-refractivity contribution in [2.24, 2.45) is 0 Å². The Morgan fingerprint density at radius 2 is 1.80 bits per heavy atom. The minimum atomic E-state index is -0.661. The average molecular weight is 520 g/mol. The summed E-state index contributed by atoms with van der Waals surface area (Å²) in [5.41, 5.74) is 8.02. The number of nitrogens with two attached hydrogens (primary N) is 1. The first-order chi connectivity index (χ1) is 16.9. The van der Waals surface area contributed by atoms with Crippen molar-refractivity contribution in [3.63, 3.8) is 0 Å². The number of ether oxygens (including phenoxy) is 3. The highest BCUT2D eigenvalue weighted by Crippen LogP contribution is 2.38. The molecule has 1 saturated heterocycles. The van der Waals surface area contributed by atoms with Crippen LogP contribution in [0.2, 0.25) is 10.0 Å². The van der Waals surface area contributed by atoms with Gasteiger partial charge in [-0.15, -0.1) is 0 Å². The average Bonchev–Trinajstić information content (AvgIpc) is 3.37. The van der Waals surface area contributed by atoms with E-state index in [4.69, 9.17) is 43.1 Å². The predicted octanol–water partition coefficient (Wildman–Crippen LogP) is 6.40. The molecule has 2 N–H and O–H groups in total. The Morgan fingerprint density at radius 1 is 1.06 bits per heavy atom. The molecular formula is C26H28Cl2FN3O3. The molecule has 1 unspecified atom stereocenters. The van der Waals surface area contributed by atoms with Gasteiger partial charge in [-0.2, -0.15) is 0 Å². The third kappa shape index (κ3) is 5.92. The number of anilines is 1. The molecule has 0 bridgehead atoms. The SMILES string of the molecule is COc1cc(-c2cnc(N)c(OC(C)c3c(Cl)ccc(F)c3Cl)c2)ccc1OCCN1CCCC1. The summed E-state index contributed by atoms with van der Waals surface area (Å²) in [5, 5.41) is 0.217. The standard InChI is InChI=1S/C26H28Cl2FN3O3/c1-16(24-19(27)6-7-20(29)25(24)28)35-23-14-18(15-31-26(23)30)17-5-8-21(22(13-17)33-2)34-12-11-32-9-3-4-10-32/h5-8,13-16H,3-4,9-12H2,1-2H3,(H2,30,31). The summed E-state index contributed by atoms with van der Waals surface area (Å²) in [5.74, 6) is 1.25. The van der Waals surface area contributed by atoms with Crippen LogP contribution in [0.25, 0.3) is 11.1 Å². The predicted molar refractivity (Wildman–Crippen MR) is 137 cm³/mol. The molecule has 1 fully saturated rings. The number of aromatic nitrogens is 1. The zero-order valence-corrected chi connectivity index (χ0v) is 21.2. The van der Waals surface area contributed by atoms with Gasteiger partial charge in [0.25, 0.3) is 0 Å². The molecule has 35 heavy (non-hydrogen) atoms. The number of benzene rings is 2. The maximum atomic E-state index is 14.0. The van der Waals surface area contributed by atoms with Crippen LogP contribution in [0.3, 0.4) is 0 Å². The molecule has 1 aliphatic heterocycles. The zero-order chi connectivity index (χ0) is 24.9. The monoisotopic (exact) mass is 519 g/mol. The summed E-state index contributed by atoms with van der Waals surface area (Å²) < 4.78 is 31.5. The highest BCUT2D eigenvalue weighted by molar-refractivity contribution is 6.36. The van der Waals surface area contributed by atoms with Crippen molar-refractivity contribution in [1.82, 2.24) is 9.88 Å². The quantitative estimate of drug-likeness (QED) is 0.330. The van der Waals surface area contributed by atoms with E-state index >= 15 is 0 Å². The van der Waals surface area contributed by atoms with Gasteiger partial charge in [-0.3, -0.25) is 4.90 Å². The minimum Gasteiger partial charge on any atom is -0.493 e. The Labute approximate surface area is 214 Å². The molecule has 4 rings (SSSR count). The molecule has 2 heterocycles. The van der Waals surface area contributed by atoms with Gasteiger partial charge >= 0.3 is 0 Å². The molecule has 2 aromatic carbocycles. The molecule has 9 heteroatoms. The first kappa shape index (κ1) is 25.4. The van der Waals surface area contributed by atoms with Crippen LogP contribution in [0.4, 0.5) is 10.2 Å². The Morgan fingerprint density at radius 3 is 2.54 bits per heavy atom. The summed E-state index contributed by atoms with van der Waals surface area (Å²) in [6.07, 6.45) is 3.49. The maximum Gasteiger partial charge on any atom is 0.166 e. The van der Waals surface area contributed by atoms with Crippen molar-refractivity contribution in [2.75, 3.05) is 39.1 Å². The van der Waals surface area contributed by atoms with Gasteiger partial charge in [-0.1, -0.05) is 29.3 Å². The molecule has 0 spiro atoms. The molecule has 0 saturated carbocycles. The van der Waals surface area contributed by atoms with E-state index in [0.29, 0.717) is 34.4 Å². The molecule has 186 valence electrons. The number of halogens is 3. The Balaban J connectivity index is 1.52. The molecule has 1 atom stereocenters. The number of likely N-dealkylation sites (tertiary alicyclic amines) is 1. The lowest BCUT2D eigenvalue weighted by atomic mass is 10.1. The highest BCUT2D eigenvalue weighted by atomic mass is 35.5. The smallest absolute Gasteiger partial charge is 0.166 e. The van der Waals surface area contributed by atoms with Crippen LogP contribution in [0.5, 0.6) is 17.2 Å². The van der Waals surface area contributed by atoms with Gasteiger partial charge in [0.15, 0.2) is 23.1 Å². The van der Waals surface area contributed by atoms with Gasteiger partial charge in [-0.25, -0.2) is 9.37 Å². The van der Waals surface area contributed by atoms with Gasteiger partial charge < -0.3 is 19.9 Å². The molecule has 0 radical (unpaired) electrons. The highest BCUT2D eigenvalue weighted by Gasteiger charge is 2.20. The number of nitrogens with zero attached hydrogens (tertiary/aromatic N) is 2. The Bertz CT molecular complexity index is 1190. The summed E-state index contributed by atoms with van der Waals surface area (Å²) in [6.45, 7) is 5.47. The summed E-state index contributed by atoms with van der Waals surface area (Å²) >= 11 is 12.4. The number of hydrogen-bond acceptors (Lipinski definition) is 6. The number of rotatable bonds is 9. The topological polar surface area (TPSA) is 69.8 Å². The van der Waals surface area contributed by atoms with Gasteiger partial charge in [0, 0.05) is 28.9 Å². The van der Waals surface area contributed by atoms with Gasteiger partial charge in [0.05, 0.1) is 12.1 Å². The van der Waals surface area contributed by atoms with Crippen LogP contribution < -0.4 is 19.9 Å². The van der Waals surface area contributed by atoms with Gasteiger partial charge in [-0.05, 0) is 68.8 Å². The van der Waals surface area contributed by atoms with E-state index in [-0.39, 0.29) is 10.8 Å². The van der Waals surface area contributed by atoms with E-state index in [1.54, 1.807) is 26.3 Å². The molecule has 0 aliphatic carbocycles. The number of hydrogen-bond donors (Lipinski definition) is 1. The van der Waals surface area contributed by atoms with E-state index < -0.39 is 11.9 Å². The second kappa shape index (κ2) is 11.3. The zero-order valence-electron chi connectivity index (χ0n) is 19.7. The number of methoxy groups -OCH3 is 1. The largest absolute Gasteiger partial charge is 0.493 e. The Kier molecular flexibility index (Phi) is 8.21. The van der Waals surface area contributed by atoms with Crippen molar-refractivity contribution in [3.05, 3.63) is 64.0 Å². The van der Waals surface area contributed by atoms with Crippen molar-refractivity contribution >= 4 is 29.0 Å². The van der Waals surface area contributed by atoms with E-state index in [0.717, 1.165) is 30.8 Å².